The van der Waals surface area contributed by atoms with Gasteiger partial charge >= 0.3 is 6.18 Å². The van der Waals surface area contributed by atoms with Crippen LogP contribution in [0.15, 0.2) is 18.2 Å². The normalized spacial score (nSPS) is 13.2. The van der Waals surface area contributed by atoms with E-state index >= 15 is 0 Å². The monoisotopic (exact) mass is 248 g/mol. The number of rotatable bonds is 3. The number of halogens is 3. The average molecular weight is 248 g/mol. The van der Waals surface area contributed by atoms with Crippen LogP contribution in [-0.4, -0.2) is 12.0 Å². The second-order valence-corrected chi connectivity index (χ2v) is 3.42. The number of hydrogen-bond donors (Lipinski definition) is 2. The molecule has 0 aliphatic carbocycles. The van der Waals surface area contributed by atoms with Crippen LogP contribution in [0, 0.1) is 0 Å². The molecule has 1 unspecified atom stereocenters. The second kappa shape index (κ2) is 4.52. The molecule has 0 bridgehead atoms. The minimum Gasteiger partial charge on any atom is -0.480 e. The lowest BCUT2D eigenvalue weighted by Crippen LogP contribution is -2.31. The van der Waals surface area contributed by atoms with Gasteiger partial charge in [-0.1, -0.05) is 0 Å². The zero-order valence-electron chi connectivity index (χ0n) is 8.91. The summed E-state index contributed by atoms with van der Waals surface area (Å²) in [7, 11) is 0. The van der Waals surface area contributed by atoms with Crippen molar-refractivity contribution in [1.29, 1.82) is 0 Å². The van der Waals surface area contributed by atoms with Gasteiger partial charge in [-0.15, -0.1) is 0 Å². The maximum Gasteiger partial charge on any atom is 0.420 e. The number of amides is 1. The van der Waals surface area contributed by atoms with Gasteiger partial charge in [-0.25, -0.2) is 0 Å². The first-order chi connectivity index (χ1) is 7.71. The Bertz CT molecular complexity index is 432. The topological polar surface area (TPSA) is 78.3 Å². The van der Waals surface area contributed by atoms with Gasteiger partial charge in [0.1, 0.15) is 5.75 Å². The predicted octanol–water partition coefficient (Wildman–Crippen LogP) is 1.54. The zero-order valence-corrected chi connectivity index (χ0v) is 8.91. The Labute approximate surface area is 95.3 Å². The fourth-order valence-corrected chi connectivity index (χ4v) is 1.12. The van der Waals surface area contributed by atoms with Crippen LogP contribution >= 0.6 is 0 Å². The van der Waals surface area contributed by atoms with Crippen LogP contribution in [0.25, 0.3) is 0 Å². The van der Waals surface area contributed by atoms with E-state index in [0.717, 1.165) is 12.1 Å². The van der Waals surface area contributed by atoms with Gasteiger partial charge in [0.2, 0.25) is 0 Å². The molecule has 0 saturated heterocycles. The number of ether oxygens (including phenoxy) is 1. The van der Waals surface area contributed by atoms with Crippen molar-refractivity contribution in [1.82, 2.24) is 0 Å². The summed E-state index contributed by atoms with van der Waals surface area (Å²) in [5.41, 5.74) is 9.09. The van der Waals surface area contributed by atoms with Gasteiger partial charge in [-0.2, -0.15) is 13.2 Å². The lowest BCUT2D eigenvalue weighted by atomic mass is 10.1. The quantitative estimate of drug-likeness (QED) is 0.796. The smallest absolute Gasteiger partial charge is 0.420 e. The van der Waals surface area contributed by atoms with Crippen molar-refractivity contribution in [3.05, 3.63) is 23.8 Å². The zero-order chi connectivity index (χ0) is 13.2. The first-order valence-corrected chi connectivity index (χ1v) is 4.64. The van der Waals surface area contributed by atoms with Crippen molar-refractivity contribution in [3.63, 3.8) is 0 Å². The number of carbonyl (C=O) groups excluding carboxylic acids is 1. The highest BCUT2D eigenvalue weighted by atomic mass is 19.4. The summed E-state index contributed by atoms with van der Waals surface area (Å²) in [6, 6.07) is 3.04. The van der Waals surface area contributed by atoms with Crippen LogP contribution in [-0.2, 0) is 11.0 Å². The molecular formula is C10H11F3N2O2. The third-order valence-electron chi connectivity index (χ3n) is 2.01. The summed E-state index contributed by atoms with van der Waals surface area (Å²) in [6.07, 6.45) is -5.76. The maximum absolute atomic E-state index is 12.6. The summed E-state index contributed by atoms with van der Waals surface area (Å²) in [5, 5.41) is 0. The third-order valence-corrected chi connectivity index (χ3v) is 2.01. The molecule has 0 fully saturated rings. The van der Waals surface area contributed by atoms with Crippen molar-refractivity contribution in [2.24, 2.45) is 5.73 Å². The highest BCUT2D eigenvalue weighted by molar-refractivity contribution is 5.78. The summed E-state index contributed by atoms with van der Waals surface area (Å²) >= 11 is 0. The number of nitrogens with two attached hydrogens (primary N) is 2. The maximum atomic E-state index is 12.6. The number of carbonyl (C=O) groups is 1. The van der Waals surface area contributed by atoms with Crippen LogP contribution in [0.3, 0.4) is 0 Å². The van der Waals surface area contributed by atoms with Crippen LogP contribution < -0.4 is 16.2 Å². The van der Waals surface area contributed by atoms with Crippen molar-refractivity contribution in [2.75, 3.05) is 5.73 Å². The van der Waals surface area contributed by atoms with Crippen LogP contribution in [0.5, 0.6) is 5.75 Å². The first-order valence-electron chi connectivity index (χ1n) is 4.64. The van der Waals surface area contributed by atoms with E-state index in [4.69, 9.17) is 16.2 Å². The van der Waals surface area contributed by atoms with E-state index in [-0.39, 0.29) is 5.69 Å². The SMILES string of the molecule is CC(Oc1ccc(N)cc1C(F)(F)F)C(N)=O. The molecule has 1 aromatic rings. The van der Waals surface area contributed by atoms with E-state index in [1.165, 1.54) is 13.0 Å². The molecule has 1 rings (SSSR count). The molecule has 94 valence electrons. The summed E-state index contributed by atoms with van der Waals surface area (Å²) in [5.74, 6) is -1.33. The first kappa shape index (κ1) is 13.1. The van der Waals surface area contributed by atoms with E-state index < -0.39 is 29.5 Å². The molecule has 0 saturated carbocycles. The van der Waals surface area contributed by atoms with E-state index in [0.29, 0.717) is 0 Å². The summed E-state index contributed by atoms with van der Waals surface area (Å²) < 4.78 is 42.7. The van der Waals surface area contributed by atoms with Crippen molar-refractivity contribution in [3.8, 4) is 5.75 Å². The third kappa shape index (κ3) is 3.27. The molecular weight excluding hydrogens is 237 g/mol. The Balaban J connectivity index is 3.11. The van der Waals surface area contributed by atoms with E-state index in [2.05, 4.69) is 0 Å². The molecule has 1 aromatic carbocycles. The molecule has 0 heterocycles. The Morgan fingerprint density at radius 1 is 1.41 bits per heavy atom. The fourth-order valence-electron chi connectivity index (χ4n) is 1.12. The van der Waals surface area contributed by atoms with Crippen LogP contribution in [0.1, 0.15) is 12.5 Å². The van der Waals surface area contributed by atoms with Crippen molar-refractivity contribution in [2.45, 2.75) is 19.2 Å². The number of alkyl halides is 3. The van der Waals surface area contributed by atoms with E-state index in [1.54, 1.807) is 0 Å². The Morgan fingerprint density at radius 2 is 2.00 bits per heavy atom. The predicted molar refractivity (Wildman–Crippen MR) is 55.1 cm³/mol. The highest BCUT2D eigenvalue weighted by Gasteiger charge is 2.35. The Morgan fingerprint density at radius 3 is 2.47 bits per heavy atom. The largest absolute Gasteiger partial charge is 0.480 e. The van der Waals surface area contributed by atoms with Crippen molar-refractivity contribution < 1.29 is 22.7 Å². The molecule has 0 spiro atoms. The molecule has 1 amide bonds. The Hall–Kier alpha value is -1.92. The molecule has 17 heavy (non-hydrogen) atoms. The van der Waals surface area contributed by atoms with Gasteiger partial charge < -0.3 is 16.2 Å². The number of primary amides is 1. The van der Waals surface area contributed by atoms with Gasteiger partial charge in [-0.3, -0.25) is 4.79 Å². The Kier molecular flexibility index (Phi) is 3.50. The molecule has 0 aliphatic heterocycles. The van der Waals surface area contributed by atoms with E-state index in [9.17, 15) is 18.0 Å². The fraction of sp³-hybridized carbons (Fsp3) is 0.300. The average Bonchev–Trinajstić information content (AvgIpc) is 2.18. The molecule has 0 aromatic heterocycles. The second-order valence-electron chi connectivity index (χ2n) is 3.42. The molecule has 1 atom stereocenters. The minimum absolute atomic E-state index is 0.0450. The molecule has 7 heteroatoms. The van der Waals surface area contributed by atoms with Gasteiger partial charge in [0, 0.05) is 5.69 Å². The molecule has 0 radical (unpaired) electrons. The number of nitrogen functional groups attached to an aromatic ring is 1. The van der Waals surface area contributed by atoms with Crippen LogP contribution in [0.2, 0.25) is 0 Å². The van der Waals surface area contributed by atoms with Gasteiger partial charge in [-0.05, 0) is 25.1 Å². The minimum atomic E-state index is -4.61. The molecule has 0 aliphatic rings. The van der Waals surface area contributed by atoms with E-state index in [1.807, 2.05) is 0 Å². The van der Waals surface area contributed by atoms with Gasteiger partial charge in [0.05, 0.1) is 5.56 Å². The highest BCUT2D eigenvalue weighted by Crippen LogP contribution is 2.37. The lowest BCUT2D eigenvalue weighted by molar-refractivity contribution is -0.140. The summed E-state index contributed by atoms with van der Waals surface area (Å²) in [6.45, 7) is 1.26. The molecule has 4 N–H and O–H groups in total. The number of benzene rings is 1. The van der Waals surface area contributed by atoms with Gasteiger partial charge in [0.25, 0.3) is 5.91 Å². The summed E-state index contributed by atoms with van der Waals surface area (Å²) in [4.78, 5) is 10.7. The number of anilines is 1. The molecule has 4 nitrogen and oxygen atoms in total. The van der Waals surface area contributed by atoms with Crippen molar-refractivity contribution >= 4 is 11.6 Å². The lowest BCUT2D eigenvalue weighted by Gasteiger charge is -2.17. The van der Waals surface area contributed by atoms with Gasteiger partial charge in [0.15, 0.2) is 6.10 Å². The number of hydrogen-bond acceptors (Lipinski definition) is 3. The van der Waals surface area contributed by atoms with Crippen LogP contribution in [0.4, 0.5) is 18.9 Å². The standard InChI is InChI=1S/C10H11F3N2O2/c1-5(9(15)16)17-8-3-2-6(14)4-7(8)10(11,12)13/h2-5H,14H2,1H3,(H2,15,16).